The molecule has 0 aliphatic carbocycles. The van der Waals surface area contributed by atoms with Gasteiger partial charge in [-0.15, -0.1) is 0 Å². The number of rotatable bonds is 7. The summed E-state index contributed by atoms with van der Waals surface area (Å²) < 4.78 is 25.5. The molecule has 1 aromatic rings. The average molecular weight is 319 g/mol. The minimum atomic E-state index is -3.26. The predicted octanol–water partition coefficient (Wildman–Crippen LogP) is 2.02. The molecule has 1 rings (SSSR count). The third-order valence-electron chi connectivity index (χ3n) is 2.63. The van der Waals surface area contributed by atoms with Crippen molar-refractivity contribution in [2.75, 3.05) is 23.7 Å². The number of benzene rings is 1. The van der Waals surface area contributed by atoms with E-state index in [-0.39, 0.29) is 24.7 Å². The maximum atomic E-state index is 11.6. The van der Waals surface area contributed by atoms with Crippen molar-refractivity contribution in [2.45, 2.75) is 20.3 Å². The molecule has 0 spiro atoms. The standard InChI is InChI=1S/C13H19ClN2O3S/c1-3-9-20(18,19)15-7-8-16(11(2)17)13-6-4-5-12(14)10-13/h4-6,10,15H,3,7-9H2,1-2H3. The highest BCUT2D eigenvalue weighted by molar-refractivity contribution is 7.89. The quantitative estimate of drug-likeness (QED) is 0.836. The van der Waals surface area contributed by atoms with Crippen LogP contribution in [0.15, 0.2) is 24.3 Å². The Hall–Kier alpha value is -1.11. The van der Waals surface area contributed by atoms with Gasteiger partial charge in [0.05, 0.1) is 5.75 Å². The van der Waals surface area contributed by atoms with E-state index in [9.17, 15) is 13.2 Å². The first kappa shape index (κ1) is 16.9. The first-order valence-corrected chi connectivity index (χ1v) is 8.39. The number of nitrogens with zero attached hydrogens (tertiary/aromatic N) is 1. The van der Waals surface area contributed by atoms with Crippen LogP contribution >= 0.6 is 11.6 Å². The highest BCUT2D eigenvalue weighted by Crippen LogP contribution is 2.19. The van der Waals surface area contributed by atoms with Gasteiger partial charge in [0.15, 0.2) is 0 Å². The van der Waals surface area contributed by atoms with Crippen molar-refractivity contribution in [2.24, 2.45) is 0 Å². The van der Waals surface area contributed by atoms with Crippen molar-refractivity contribution in [1.82, 2.24) is 4.72 Å². The Labute approximate surface area is 125 Å². The molecule has 7 heteroatoms. The lowest BCUT2D eigenvalue weighted by atomic mass is 10.3. The Kier molecular flexibility index (Phi) is 6.45. The number of hydrogen-bond donors (Lipinski definition) is 1. The minimum absolute atomic E-state index is 0.0875. The molecule has 0 fully saturated rings. The molecule has 0 aromatic heterocycles. The van der Waals surface area contributed by atoms with Gasteiger partial charge in [-0.2, -0.15) is 0 Å². The van der Waals surface area contributed by atoms with E-state index in [4.69, 9.17) is 11.6 Å². The lowest BCUT2D eigenvalue weighted by Crippen LogP contribution is -2.38. The normalized spacial score (nSPS) is 11.3. The summed E-state index contributed by atoms with van der Waals surface area (Å²) in [5, 5.41) is 0.528. The van der Waals surface area contributed by atoms with E-state index in [1.807, 2.05) is 0 Å². The van der Waals surface area contributed by atoms with E-state index in [1.165, 1.54) is 11.8 Å². The van der Waals surface area contributed by atoms with Crippen molar-refractivity contribution in [1.29, 1.82) is 0 Å². The molecule has 0 saturated heterocycles. The largest absolute Gasteiger partial charge is 0.311 e. The van der Waals surface area contributed by atoms with E-state index >= 15 is 0 Å². The number of sulfonamides is 1. The molecule has 0 radical (unpaired) electrons. The van der Waals surface area contributed by atoms with E-state index < -0.39 is 10.0 Å². The van der Waals surface area contributed by atoms with Crippen molar-refractivity contribution >= 4 is 33.2 Å². The summed E-state index contributed by atoms with van der Waals surface area (Å²) in [5.74, 6) is -0.0773. The summed E-state index contributed by atoms with van der Waals surface area (Å²) in [5.41, 5.74) is 0.652. The SMILES string of the molecule is CCCS(=O)(=O)NCCN(C(C)=O)c1cccc(Cl)c1. The van der Waals surface area contributed by atoms with Crippen LogP contribution < -0.4 is 9.62 Å². The van der Waals surface area contributed by atoms with Gasteiger partial charge in [0.2, 0.25) is 15.9 Å². The lowest BCUT2D eigenvalue weighted by molar-refractivity contribution is -0.116. The number of anilines is 1. The van der Waals surface area contributed by atoms with Crippen molar-refractivity contribution < 1.29 is 13.2 Å². The maximum Gasteiger partial charge on any atom is 0.223 e. The summed E-state index contributed by atoms with van der Waals surface area (Å²) in [7, 11) is -3.26. The van der Waals surface area contributed by atoms with Gasteiger partial charge in [0.25, 0.3) is 0 Å². The zero-order valence-electron chi connectivity index (χ0n) is 11.6. The molecule has 5 nitrogen and oxygen atoms in total. The fourth-order valence-electron chi connectivity index (χ4n) is 1.77. The molecule has 1 amide bonds. The van der Waals surface area contributed by atoms with Crippen LogP contribution in [0.5, 0.6) is 0 Å². The summed E-state index contributed by atoms with van der Waals surface area (Å²) in [6.45, 7) is 3.67. The number of amides is 1. The second-order valence-corrected chi connectivity index (χ2v) is 6.73. The Morgan fingerprint density at radius 2 is 2.10 bits per heavy atom. The van der Waals surface area contributed by atoms with Crippen molar-refractivity contribution in [3.63, 3.8) is 0 Å². The van der Waals surface area contributed by atoms with E-state index in [2.05, 4.69) is 4.72 Å². The monoisotopic (exact) mass is 318 g/mol. The van der Waals surface area contributed by atoms with Gasteiger partial charge in [-0.05, 0) is 24.6 Å². The van der Waals surface area contributed by atoms with E-state index in [0.29, 0.717) is 17.1 Å². The van der Waals surface area contributed by atoms with Crippen LogP contribution in [0.25, 0.3) is 0 Å². The van der Waals surface area contributed by atoms with Crippen LogP contribution in [-0.2, 0) is 14.8 Å². The van der Waals surface area contributed by atoms with E-state index in [0.717, 1.165) is 0 Å². The van der Waals surface area contributed by atoms with Gasteiger partial charge in [-0.1, -0.05) is 24.6 Å². The molecule has 0 saturated carbocycles. The van der Waals surface area contributed by atoms with Crippen molar-refractivity contribution in [3.8, 4) is 0 Å². The third kappa shape index (κ3) is 5.48. The lowest BCUT2D eigenvalue weighted by Gasteiger charge is -2.21. The molecule has 20 heavy (non-hydrogen) atoms. The van der Waals surface area contributed by atoms with Gasteiger partial charge >= 0.3 is 0 Å². The molecule has 0 aliphatic rings. The molecule has 0 atom stereocenters. The zero-order valence-corrected chi connectivity index (χ0v) is 13.2. The average Bonchev–Trinajstić information content (AvgIpc) is 2.34. The highest BCUT2D eigenvalue weighted by atomic mass is 35.5. The fourth-order valence-corrected chi connectivity index (χ4v) is 3.03. The maximum absolute atomic E-state index is 11.6. The molecule has 1 aromatic carbocycles. The van der Waals surface area contributed by atoms with E-state index in [1.54, 1.807) is 31.2 Å². The number of carbonyl (C=O) groups is 1. The zero-order chi connectivity index (χ0) is 15.2. The van der Waals surface area contributed by atoms with Crippen LogP contribution in [0, 0.1) is 0 Å². The van der Waals surface area contributed by atoms with Gasteiger partial charge in [-0.3, -0.25) is 4.79 Å². The van der Waals surface area contributed by atoms with Crippen LogP contribution in [0.4, 0.5) is 5.69 Å². The number of carbonyl (C=O) groups excluding carboxylic acids is 1. The molecule has 1 N–H and O–H groups in total. The predicted molar refractivity (Wildman–Crippen MR) is 81.6 cm³/mol. The molecule has 0 unspecified atom stereocenters. The Balaban J connectivity index is 2.68. The van der Waals surface area contributed by atoms with Crippen LogP contribution in [0.1, 0.15) is 20.3 Å². The summed E-state index contributed by atoms with van der Waals surface area (Å²) in [6.07, 6.45) is 0.556. The third-order valence-corrected chi connectivity index (χ3v) is 4.45. The molecule has 112 valence electrons. The Bertz CT molecular complexity index is 560. The summed E-state index contributed by atoms with van der Waals surface area (Å²) in [6, 6.07) is 6.89. The number of halogens is 1. The van der Waals surface area contributed by atoms with Crippen LogP contribution in [0.2, 0.25) is 5.02 Å². The Morgan fingerprint density at radius 3 is 2.65 bits per heavy atom. The first-order valence-electron chi connectivity index (χ1n) is 6.36. The van der Waals surface area contributed by atoms with Crippen LogP contribution in [-0.4, -0.2) is 33.2 Å². The topological polar surface area (TPSA) is 66.5 Å². The van der Waals surface area contributed by atoms with Gasteiger partial charge in [-0.25, -0.2) is 13.1 Å². The Morgan fingerprint density at radius 1 is 1.40 bits per heavy atom. The molecule has 0 heterocycles. The molecular formula is C13H19ClN2O3S. The fraction of sp³-hybridized carbons (Fsp3) is 0.462. The van der Waals surface area contributed by atoms with Crippen molar-refractivity contribution in [3.05, 3.63) is 29.3 Å². The van der Waals surface area contributed by atoms with Gasteiger partial charge in [0.1, 0.15) is 0 Å². The second kappa shape index (κ2) is 7.61. The molecule has 0 aliphatic heterocycles. The highest BCUT2D eigenvalue weighted by Gasteiger charge is 2.13. The number of nitrogens with one attached hydrogen (secondary N) is 1. The number of hydrogen-bond acceptors (Lipinski definition) is 3. The summed E-state index contributed by atoms with van der Waals surface area (Å²) >= 11 is 5.89. The minimum Gasteiger partial charge on any atom is -0.311 e. The molecular weight excluding hydrogens is 300 g/mol. The van der Waals surface area contributed by atoms with Gasteiger partial charge in [0, 0.05) is 30.7 Å². The second-order valence-electron chi connectivity index (χ2n) is 4.36. The summed E-state index contributed by atoms with van der Waals surface area (Å²) in [4.78, 5) is 13.1. The van der Waals surface area contributed by atoms with Crippen LogP contribution in [0.3, 0.4) is 0 Å². The molecule has 0 bridgehead atoms. The smallest absolute Gasteiger partial charge is 0.223 e. The first-order chi connectivity index (χ1) is 9.35. The van der Waals surface area contributed by atoms with Gasteiger partial charge < -0.3 is 4.90 Å².